The summed E-state index contributed by atoms with van der Waals surface area (Å²) in [6.07, 6.45) is 1.25. The molecule has 2 N–H and O–H groups in total. The van der Waals surface area contributed by atoms with E-state index in [9.17, 15) is 18.3 Å². The van der Waals surface area contributed by atoms with E-state index >= 15 is 0 Å². The van der Waals surface area contributed by atoms with Crippen molar-refractivity contribution in [2.24, 2.45) is 0 Å². The van der Waals surface area contributed by atoms with Crippen LogP contribution in [0.2, 0.25) is 0 Å². The van der Waals surface area contributed by atoms with Crippen LogP contribution in [0.1, 0.15) is 5.56 Å². The number of hydrogen-bond acceptors (Lipinski definition) is 5. The maximum Gasteiger partial charge on any atom is 0.357 e. The lowest BCUT2D eigenvalue weighted by atomic mass is 10.2. The molecule has 8 heteroatoms. The lowest BCUT2D eigenvalue weighted by Gasteiger charge is -2.25. The van der Waals surface area contributed by atoms with E-state index in [1.807, 2.05) is 0 Å². The number of aliphatic carboxylic acids is 1. The molecule has 1 aromatic heterocycles. The van der Waals surface area contributed by atoms with Gasteiger partial charge in [0.1, 0.15) is 0 Å². The highest BCUT2D eigenvalue weighted by atomic mass is 32.2. The molecule has 2 rings (SSSR count). The molecule has 7 nitrogen and oxygen atoms in total. The van der Waals surface area contributed by atoms with Gasteiger partial charge in [-0.15, -0.1) is 0 Å². The highest BCUT2D eigenvalue weighted by Gasteiger charge is 2.38. The number of aliphatic hydroxyl groups is 1. The molecule has 1 aliphatic rings. The van der Waals surface area contributed by atoms with Crippen LogP contribution in [-0.2, 0) is 14.8 Å². The minimum absolute atomic E-state index is 0.108. The molecular formula is C9H8N2O5S. The predicted molar refractivity (Wildman–Crippen MR) is 56.4 cm³/mol. The Balaban J connectivity index is 2.87. The van der Waals surface area contributed by atoms with Gasteiger partial charge >= 0.3 is 5.97 Å². The lowest BCUT2D eigenvalue weighted by Crippen LogP contribution is -2.35. The standard InChI is InChI=1S/C9H8N2O5S/c1-11-6(9(13)14)7(12)5-3-2-4-10-8(5)17(11,15)16/h2-4,12H,1H3,(H,13,14). The molecule has 0 atom stereocenters. The smallest absolute Gasteiger partial charge is 0.357 e. The molecule has 0 bridgehead atoms. The summed E-state index contributed by atoms with van der Waals surface area (Å²) in [5.74, 6) is -2.14. The topological polar surface area (TPSA) is 108 Å². The first-order valence-electron chi connectivity index (χ1n) is 4.48. The largest absolute Gasteiger partial charge is 0.505 e. The molecule has 0 spiro atoms. The Morgan fingerprint density at radius 3 is 2.71 bits per heavy atom. The van der Waals surface area contributed by atoms with Crippen molar-refractivity contribution >= 4 is 21.8 Å². The van der Waals surface area contributed by atoms with Gasteiger partial charge in [0.05, 0.1) is 5.56 Å². The van der Waals surface area contributed by atoms with Crippen LogP contribution >= 0.6 is 0 Å². The summed E-state index contributed by atoms with van der Waals surface area (Å²) in [6.45, 7) is 0. The maximum atomic E-state index is 11.9. The number of fused-ring (bicyclic) bond motifs is 1. The molecule has 0 radical (unpaired) electrons. The van der Waals surface area contributed by atoms with Gasteiger partial charge in [-0.05, 0) is 12.1 Å². The Hall–Kier alpha value is -2.09. The van der Waals surface area contributed by atoms with E-state index in [4.69, 9.17) is 5.11 Å². The van der Waals surface area contributed by atoms with E-state index in [0.29, 0.717) is 4.31 Å². The van der Waals surface area contributed by atoms with Gasteiger partial charge < -0.3 is 10.2 Å². The summed E-state index contributed by atoms with van der Waals surface area (Å²) in [4.78, 5) is 14.6. The molecule has 1 aromatic rings. The number of carbonyl (C=O) groups is 1. The van der Waals surface area contributed by atoms with E-state index in [-0.39, 0.29) is 10.6 Å². The predicted octanol–water partition coefficient (Wildman–Crippen LogP) is 0.0269. The molecule has 0 aromatic carbocycles. The number of aliphatic hydroxyl groups excluding tert-OH is 1. The number of rotatable bonds is 1. The molecule has 90 valence electrons. The highest BCUT2D eigenvalue weighted by Crippen LogP contribution is 2.32. The summed E-state index contributed by atoms with van der Waals surface area (Å²) in [5.41, 5.74) is -0.798. The first-order chi connectivity index (χ1) is 7.87. The number of hydrogen-bond donors (Lipinski definition) is 2. The summed E-state index contributed by atoms with van der Waals surface area (Å²) < 4.78 is 24.3. The summed E-state index contributed by atoms with van der Waals surface area (Å²) in [6, 6.07) is 2.71. The second-order valence-corrected chi connectivity index (χ2v) is 5.22. The molecule has 0 fully saturated rings. The monoisotopic (exact) mass is 256 g/mol. The van der Waals surface area contributed by atoms with Crippen molar-refractivity contribution < 1.29 is 23.4 Å². The van der Waals surface area contributed by atoms with Crippen molar-refractivity contribution in [2.45, 2.75) is 5.03 Å². The Morgan fingerprint density at radius 2 is 2.12 bits per heavy atom. The fraction of sp³-hybridized carbons (Fsp3) is 0.111. The molecule has 0 saturated carbocycles. The van der Waals surface area contributed by atoms with E-state index in [1.54, 1.807) is 0 Å². The normalized spacial score (nSPS) is 17.8. The van der Waals surface area contributed by atoms with Crippen LogP contribution in [0.3, 0.4) is 0 Å². The summed E-state index contributed by atoms with van der Waals surface area (Å²) in [5, 5.41) is 18.3. The third kappa shape index (κ3) is 1.45. The van der Waals surface area contributed by atoms with E-state index in [1.165, 1.54) is 18.3 Å². The third-order valence-corrected chi connectivity index (χ3v) is 4.09. The summed E-state index contributed by atoms with van der Waals surface area (Å²) >= 11 is 0. The molecular weight excluding hydrogens is 248 g/mol. The van der Waals surface area contributed by atoms with Crippen molar-refractivity contribution in [3.63, 3.8) is 0 Å². The fourth-order valence-corrected chi connectivity index (χ4v) is 2.84. The zero-order valence-electron chi connectivity index (χ0n) is 8.65. The number of aromatic nitrogens is 1. The molecule has 1 aliphatic heterocycles. The van der Waals surface area contributed by atoms with Crippen molar-refractivity contribution in [1.29, 1.82) is 0 Å². The number of pyridine rings is 1. The fourth-order valence-electron chi connectivity index (χ4n) is 1.54. The van der Waals surface area contributed by atoms with Gasteiger partial charge in [0, 0.05) is 13.2 Å². The number of carboxylic acid groups (broad SMARTS) is 1. The number of sulfonamides is 1. The van der Waals surface area contributed by atoms with Crippen LogP contribution in [0.25, 0.3) is 5.76 Å². The van der Waals surface area contributed by atoms with Gasteiger partial charge in [-0.25, -0.2) is 9.78 Å². The van der Waals surface area contributed by atoms with E-state index < -0.39 is 27.4 Å². The molecule has 17 heavy (non-hydrogen) atoms. The molecule has 0 saturated heterocycles. The minimum atomic E-state index is -4.02. The lowest BCUT2D eigenvalue weighted by molar-refractivity contribution is -0.133. The van der Waals surface area contributed by atoms with Crippen LogP contribution < -0.4 is 0 Å². The van der Waals surface area contributed by atoms with Gasteiger partial charge in [0.2, 0.25) is 0 Å². The Kier molecular flexibility index (Phi) is 2.32. The van der Waals surface area contributed by atoms with Crippen LogP contribution in [0, 0.1) is 0 Å². The zero-order valence-corrected chi connectivity index (χ0v) is 9.47. The number of carboxylic acids is 1. The van der Waals surface area contributed by atoms with Gasteiger partial charge in [0.15, 0.2) is 16.5 Å². The third-order valence-electron chi connectivity index (χ3n) is 2.37. The molecule has 0 aliphatic carbocycles. The first-order valence-corrected chi connectivity index (χ1v) is 5.92. The highest BCUT2D eigenvalue weighted by molar-refractivity contribution is 7.89. The summed E-state index contributed by atoms with van der Waals surface area (Å²) in [7, 11) is -2.98. The van der Waals surface area contributed by atoms with Crippen LogP contribution in [-0.4, -0.2) is 40.9 Å². The number of likely N-dealkylation sites (N-methyl/N-ethyl adjacent to an activating group) is 1. The Morgan fingerprint density at radius 1 is 1.47 bits per heavy atom. The van der Waals surface area contributed by atoms with Gasteiger partial charge in [0.25, 0.3) is 10.0 Å². The minimum Gasteiger partial charge on any atom is -0.505 e. The molecule has 0 unspecified atom stereocenters. The van der Waals surface area contributed by atoms with Crippen molar-refractivity contribution in [2.75, 3.05) is 7.05 Å². The SMILES string of the molecule is CN1C(C(=O)O)=C(O)c2cccnc2S1(=O)=O. The van der Waals surface area contributed by atoms with Crippen LogP contribution in [0.4, 0.5) is 0 Å². The number of nitrogens with zero attached hydrogens (tertiary/aromatic N) is 2. The first kappa shape index (κ1) is 11.4. The molecule has 0 amide bonds. The van der Waals surface area contributed by atoms with Crippen molar-refractivity contribution in [3.8, 4) is 0 Å². The van der Waals surface area contributed by atoms with E-state index in [0.717, 1.165) is 7.05 Å². The average Bonchev–Trinajstić information content (AvgIpc) is 2.27. The molecule has 2 heterocycles. The zero-order chi connectivity index (χ0) is 12.8. The average molecular weight is 256 g/mol. The Labute approximate surface area is 96.7 Å². The van der Waals surface area contributed by atoms with Gasteiger partial charge in [-0.1, -0.05) is 0 Å². The van der Waals surface area contributed by atoms with Gasteiger partial charge in [-0.2, -0.15) is 8.42 Å². The second-order valence-electron chi connectivity index (χ2n) is 3.33. The second kappa shape index (κ2) is 3.45. The van der Waals surface area contributed by atoms with Crippen LogP contribution in [0.15, 0.2) is 29.1 Å². The van der Waals surface area contributed by atoms with Gasteiger partial charge in [-0.3, -0.25) is 4.31 Å². The van der Waals surface area contributed by atoms with E-state index in [2.05, 4.69) is 4.98 Å². The van der Waals surface area contributed by atoms with Crippen LogP contribution in [0.5, 0.6) is 0 Å². The quantitative estimate of drug-likeness (QED) is 0.733. The maximum absolute atomic E-state index is 11.9. The Bertz CT molecular complexity index is 635. The van der Waals surface area contributed by atoms with Crippen molar-refractivity contribution in [1.82, 2.24) is 9.29 Å². The van der Waals surface area contributed by atoms with Crippen molar-refractivity contribution in [3.05, 3.63) is 29.6 Å².